The molecule has 2 aromatic carbocycles. The summed E-state index contributed by atoms with van der Waals surface area (Å²) in [5.41, 5.74) is 0.852. The van der Waals surface area contributed by atoms with E-state index in [1.54, 1.807) is 36.4 Å². The molecule has 3 aromatic rings. The fourth-order valence-corrected chi connectivity index (χ4v) is 3.05. The molecule has 9 heteroatoms. The smallest absolute Gasteiger partial charge is 0.261 e. The van der Waals surface area contributed by atoms with Crippen LogP contribution in [0.4, 0.5) is 4.39 Å². The maximum absolute atomic E-state index is 12.8. The van der Waals surface area contributed by atoms with Crippen LogP contribution in [0.3, 0.4) is 0 Å². The summed E-state index contributed by atoms with van der Waals surface area (Å²) in [7, 11) is 0. The number of fused-ring (bicyclic) bond motifs is 1. The zero-order chi connectivity index (χ0) is 20.2. The number of hydrogen-bond acceptors (Lipinski definition) is 6. The van der Waals surface area contributed by atoms with Crippen LogP contribution in [-0.2, 0) is 13.0 Å². The van der Waals surface area contributed by atoms with Crippen LogP contribution in [0.1, 0.15) is 33.0 Å². The average Bonchev–Trinajstić information content (AvgIpc) is 3.28. The lowest BCUT2D eigenvalue weighted by molar-refractivity contribution is 0.0655. The predicted octanol–water partition coefficient (Wildman–Crippen LogP) is 2.12. The Labute approximate surface area is 165 Å². The first-order chi connectivity index (χ1) is 14.1. The molecule has 0 radical (unpaired) electrons. The van der Waals surface area contributed by atoms with Gasteiger partial charge in [-0.05, 0) is 41.6 Å². The van der Waals surface area contributed by atoms with E-state index in [4.69, 9.17) is 4.74 Å². The van der Waals surface area contributed by atoms with Crippen molar-refractivity contribution < 1.29 is 18.7 Å². The molecule has 8 nitrogen and oxygen atoms in total. The molecule has 0 atom stereocenters. The Bertz CT molecular complexity index is 1000. The molecule has 1 aromatic heterocycles. The maximum Gasteiger partial charge on any atom is 0.261 e. The van der Waals surface area contributed by atoms with Gasteiger partial charge in [0, 0.05) is 19.4 Å². The number of tetrazole rings is 1. The molecule has 2 amide bonds. The molecule has 0 unspecified atom stereocenters. The van der Waals surface area contributed by atoms with Crippen LogP contribution in [0.5, 0.6) is 5.75 Å². The van der Waals surface area contributed by atoms with Gasteiger partial charge in [0.25, 0.3) is 11.8 Å². The van der Waals surface area contributed by atoms with E-state index in [9.17, 15) is 14.0 Å². The molecular weight excluding hydrogens is 377 g/mol. The van der Waals surface area contributed by atoms with Crippen molar-refractivity contribution in [3.05, 3.63) is 71.3 Å². The van der Waals surface area contributed by atoms with Crippen molar-refractivity contribution in [1.82, 2.24) is 25.1 Å². The lowest BCUT2D eigenvalue weighted by Gasteiger charge is -2.11. The van der Waals surface area contributed by atoms with E-state index in [0.717, 1.165) is 0 Å². The van der Waals surface area contributed by atoms with Crippen molar-refractivity contribution in [1.29, 1.82) is 0 Å². The molecule has 0 bridgehead atoms. The number of rotatable bonds is 8. The molecule has 1 aliphatic heterocycles. The van der Waals surface area contributed by atoms with Crippen LogP contribution in [0.15, 0.2) is 48.5 Å². The van der Waals surface area contributed by atoms with Crippen LogP contribution in [-0.4, -0.2) is 50.1 Å². The van der Waals surface area contributed by atoms with Crippen LogP contribution in [0.25, 0.3) is 0 Å². The predicted molar refractivity (Wildman–Crippen MR) is 99.8 cm³/mol. The minimum atomic E-state index is -0.307. The minimum absolute atomic E-state index is 0.200. The second-order valence-electron chi connectivity index (χ2n) is 6.52. The zero-order valence-corrected chi connectivity index (χ0v) is 15.5. The van der Waals surface area contributed by atoms with Crippen molar-refractivity contribution in [3.8, 4) is 5.75 Å². The molecule has 4 rings (SSSR count). The Balaban J connectivity index is 1.24. The van der Waals surface area contributed by atoms with Gasteiger partial charge in [-0.1, -0.05) is 12.1 Å². The largest absolute Gasteiger partial charge is 0.494 e. The highest BCUT2D eigenvalue weighted by atomic mass is 19.1. The summed E-state index contributed by atoms with van der Waals surface area (Å²) < 4.78 is 18.4. The molecule has 0 fully saturated rings. The van der Waals surface area contributed by atoms with Crippen molar-refractivity contribution >= 4 is 11.8 Å². The number of ether oxygens (including phenoxy) is 1. The van der Waals surface area contributed by atoms with Crippen LogP contribution >= 0.6 is 0 Å². The van der Waals surface area contributed by atoms with Crippen molar-refractivity contribution in [2.75, 3.05) is 13.2 Å². The number of carbonyl (C=O) groups is 2. The van der Waals surface area contributed by atoms with Gasteiger partial charge in [-0.3, -0.25) is 14.5 Å². The third-order valence-corrected chi connectivity index (χ3v) is 4.52. The summed E-state index contributed by atoms with van der Waals surface area (Å²) in [6.45, 7) is 1.13. The number of imide groups is 1. The van der Waals surface area contributed by atoms with Gasteiger partial charge in [-0.15, -0.1) is 10.2 Å². The Hall–Kier alpha value is -3.62. The van der Waals surface area contributed by atoms with Gasteiger partial charge in [-0.2, -0.15) is 4.80 Å². The van der Waals surface area contributed by atoms with E-state index >= 15 is 0 Å². The molecule has 148 valence electrons. The molecule has 0 saturated heterocycles. The van der Waals surface area contributed by atoms with E-state index in [1.165, 1.54) is 21.8 Å². The second-order valence-corrected chi connectivity index (χ2v) is 6.52. The number of nitrogens with zero attached hydrogens (tertiary/aromatic N) is 5. The first kappa shape index (κ1) is 18.7. The Morgan fingerprint density at radius 2 is 1.62 bits per heavy atom. The molecule has 0 N–H and O–H groups in total. The molecule has 0 aliphatic carbocycles. The average molecular weight is 395 g/mol. The highest BCUT2D eigenvalue weighted by Crippen LogP contribution is 2.22. The molecule has 2 heterocycles. The van der Waals surface area contributed by atoms with Crippen molar-refractivity contribution in [3.63, 3.8) is 0 Å². The summed E-state index contributed by atoms with van der Waals surface area (Å²) in [6, 6.07) is 12.6. The van der Waals surface area contributed by atoms with Crippen LogP contribution < -0.4 is 4.74 Å². The zero-order valence-electron chi connectivity index (χ0n) is 15.5. The van der Waals surface area contributed by atoms with E-state index in [1.807, 2.05) is 0 Å². The highest BCUT2D eigenvalue weighted by Gasteiger charge is 2.34. The first-order valence-electron chi connectivity index (χ1n) is 9.22. The summed E-state index contributed by atoms with van der Waals surface area (Å²) in [5.74, 6) is 0.158. The second kappa shape index (κ2) is 8.17. The van der Waals surface area contributed by atoms with Gasteiger partial charge >= 0.3 is 0 Å². The fourth-order valence-electron chi connectivity index (χ4n) is 3.05. The van der Waals surface area contributed by atoms with Gasteiger partial charge in [0.05, 0.1) is 24.3 Å². The summed E-state index contributed by atoms with van der Waals surface area (Å²) >= 11 is 0. The SMILES string of the molecule is O=C1c2ccccc2C(=O)N1CCc1nnn(CCCOc2ccc(F)cc2)n1. The Morgan fingerprint density at radius 1 is 0.931 bits per heavy atom. The van der Waals surface area contributed by atoms with Crippen molar-refractivity contribution in [2.24, 2.45) is 0 Å². The number of hydrogen-bond donors (Lipinski definition) is 0. The summed E-state index contributed by atoms with van der Waals surface area (Å²) in [6.07, 6.45) is 0.975. The number of carbonyl (C=O) groups excluding carboxylic acids is 2. The number of aryl methyl sites for hydroxylation is 1. The number of amides is 2. The minimum Gasteiger partial charge on any atom is -0.494 e. The van der Waals surface area contributed by atoms with Crippen LogP contribution in [0.2, 0.25) is 0 Å². The standard InChI is InChI=1S/C20H18FN5O3/c21-14-6-8-15(9-7-14)29-13-3-11-26-23-18(22-24-26)10-12-25-19(27)16-4-1-2-5-17(16)20(25)28/h1-2,4-9H,3,10-13H2. The Kier molecular flexibility index (Phi) is 5.28. The maximum atomic E-state index is 12.8. The van der Waals surface area contributed by atoms with Gasteiger partial charge in [0.15, 0.2) is 5.82 Å². The lowest BCUT2D eigenvalue weighted by Crippen LogP contribution is -2.32. The third-order valence-electron chi connectivity index (χ3n) is 4.52. The van der Waals surface area contributed by atoms with Gasteiger partial charge in [-0.25, -0.2) is 4.39 Å². The number of halogens is 1. The van der Waals surface area contributed by atoms with Crippen LogP contribution in [0, 0.1) is 5.82 Å². The summed E-state index contributed by atoms with van der Waals surface area (Å²) in [4.78, 5) is 27.4. The molecular formula is C20H18FN5O3. The van der Waals surface area contributed by atoms with Gasteiger partial charge in [0.2, 0.25) is 0 Å². The molecule has 0 saturated carbocycles. The van der Waals surface area contributed by atoms with Gasteiger partial charge in [0.1, 0.15) is 11.6 Å². The van der Waals surface area contributed by atoms with E-state index < -0.39 is 0 Å². The van der Waals surface area contributed by atoms with Gasteiger partial charge < -0.3 is 4.74 Å². The third kappa shape index (κ3) is 4.13. The normalized spacial score (nSPS) is 13.1. The van der Waals surface area contributed by atoms with E-state index in [0.29, 0.717) is 48.7 Å². The summed E-state index contributed by atoms with van der Waals surface area (Å²) in [5, 5.41) is 12.2. The lowest BCUT2D eigenvalue weighted by atomic mass is 10.1. The monoisotopic (exact) mass is 395 g/mol. The number of aromatic nitrogens is 4. The van der Waals surface area contributed by atoms with E-state index in [-0.39, 0.29) is 24.2 Å². The highest BCUT2D eigenvalue weighted by molar-refractivity contribution is 6.21. The van der Waals surface area contributed by atoms with Crippen molar-refractivity contribution in [2.45, 2.75) is 19.4 Å². The quantitative estimate of drug-likeness (QED) is 0.429. The Morgan fingerprint density at radius 3 is 2.31 bits per heavy atom. The number of benzene rings is 2. The fraction of sp³-hybridized carbons (Fsp3) is 0.250. The molecule has 1 aliphatic rings. The first-order valence-corrected chi connectivity index (χ1v) is 9.22. The topological polar surface area (TPSA) is 90.2 Å². The molecule has 29 heavy (non-hydrogen) atoms. The van der Waals surface area contributed by atoms with E-state index in [2.05, 4.69) is 15.4 Å². The molecule has 0 spiro atoms.